The zero-order valence-corrected chi connectivity index (χ0v) is 14.2. The van der Waals surface area contributed by atoms with E-state index in [0.29, 0.717) is 12.6 Å². The minimum absolute atomic E-state index is 0.00281. The highest BCUT2D eigenvalue weighted by Crippen LogP contribution is 2.19. The van der Waals surface area contributed by atoms with Crippen LogP contribution in [0.1, 0.15) is 16.4 Å². The third-order valence-electron chi connectivity index (χ3n) is 3.93. The van der Waals surface area contributed by atoms with Crippen LogP contribution < -0.4 is 4.90 Å². The van der Waals surface area contributed by atoms with Crippen LogP contribution in [-0.4, -0.2) is 37.4 Å². The molecule has 0 N–H and O–H groups in total. The molecule has 1 atom stereocenters. The van der Waals surface area contributed by atoms with Crippen LogP contribution in [-0.2, 0) is 24.4 Å². The molecular formula is C16H18N6OS. The molecule has 0 saturated heterocycles. The molecule has 1 aliphatic heterocycles. The zero-order chi connectivity index (χ0) is 16.4. The Balaban J connectivity index is 1.53. The molecule has 124 valence electrons. The standard InChI is InChI=1S/C16H18N6OS/c1-12-20-13(11-24-12)10-23-15-8-21(16-17-4-2-5-18-16)7-14-3-6-19-22(14)9-15/h2-6,11,15H,7-10H2,1H3/t15-/m0/s1. The fourth-order valence-electron chi connectivity index (χ4n) is 2.81. The Labute approximate surface area is 144 Å². The Hall–Kier alpha value is -2.32. The Morgan fingerprint density at radius 2 is 2.12 bits per heavy atom. The molecule has 4 rings (SSSR count). The number of anilines is 1. The van der Waals surface area contributed by atoms with Gasteiger partial charge in [-0.3, -0.25) is 4.68 Å². The smallest absolute Gasteiger partial charge is 0.225 e. The number of aromatic nitrogens is 5. The third-order valence-corrected chi connectivity index (χ3v) is 4.75. The van der Waals surface area contributed by atoms with E-state index in [1.807, 2.05) is 35.3 Å². The number of rotatable bonds is 4. The number of ether oxygens (including phenoxy) is 1. The first-order valence-electron chi connectivity index (χ1n) is 7.83. The van der Waals surface area contributed by atoms with Gasteiger partial charge >= 0.3 is 0 Å². The molecule has 0 amide bonds. The predicted molar refractivity (Wildman–Crippen MR) is 90.7 cm³/mol. The van der Waals surface area contributed by atoms with Crippen LogP contribution in [0.5, 0.6) is 0 Å². The fourth-order valence-corrected chi connectivity index (χ4v) is 3.40. The molecule has 0 radical (unpaired) electrons. The van der Waals surface area contributed by atoms with Crippen LogP contribution >= 0.6 is 11.3 Å². The van der Waals surface area contributed by atoms with Crippen molar-refractivity contribution in [1.82, 2.24) is 24.7 Å². The lowest BCUT2D eigenvalue weighted by molar-refractivity contribution is 0.0323. The van der Waals surface area contributed by atoms with Crippen LogP contribution in [0, 0.1) is 6.92 Å². The van der Waals surface area contributed by atoms with E-state index in [4.69, 9.17) is 4.74 Å². The van der Waals surface area contributed by atoms with Gasteiger partial charge in [-0.05, 0) is 19.1 Å². The summed E-state index contributed by atoms with van der Waals surface area (Å²) in [7, 11) is 0. The van der Waals surface area contributed by atoms with Crippen molar-refractivity contribution in [2.75, 3.05) is 11.4 Å². The molecule has 0 bridgehead atoms. The maximum atomic E-state index is 6.13. The molecule has 0 spiro atoms. The van der Waals surface area contributed by atoms with Crippen LogP contribution in [0.3, 0.4) is 0 Å². The highest BCUT2D eigenvalue weighted by atomic mass is 32.1. The van der Waals surface area contributed by atoms with Gasteiger partial charge in [0.2, 0.25) is 5.95 Å². The number of thiazole rings is 1. The van der Waals surface area contributed by atoms with Crippen molar-refractivity contribution in [1.29, 1.82) is 0 Å². The largest absolute Gasteiger partial charge is 0.368 e. The second-order valence-electron chi connectivity index (χ2n) is 5.72. The lowest BCUT2D eigenvalue weighted by Crippen LogP contribution is -2.34. The molecule has 24 heavy (non-hydrogen) atoms. The van der Waals surface area contributed by atoms with Gasteiger partial charge in [0.15, 0.2) is 0 Å². The average Bonchev–Trinajstić information content (AvgIpc) is 3.18. The minimum Gasteiger partial charge on any atom is -0.368 e. The molecule has 4 heterocycles. The molecule has 7 nitrogen and oxygen atoms in total. The molecule has 0 aromatic carbocycles. The van der Waals surface area contributed by atoms with E-state index >= 15 is 0 Å². The summed E-state index contributed by atoms with van der Waals surface area (Å²) in [6.07, 6.45) is 5.35. The average molecular weight is 342 g/mol. The van der Waals surface area contributed by atoms with E-state index in [0.717, 1.165) is 36.0 Å². The third kappa shape index (κ3) is 3.29. The molecule has 0 aliphatic carbocycles. The monoisotopic (exact) mass is 342 g/mol. The highest BCUT2D eigenvalue weighted by Gasteiger charge is 2.24. The number of nitrogens with zero attached hydrogens (tertiary/aromatic N) is 6. The maximum absolute atomic E-state index is 6.13. The Morgan fingerprint density at radius 3 is 2.92 bits per heavy atom. The molecule has 0 fully saturated rings. The summed E-state index contributed by atoms with van der Waals surface area (Å²) in [5.41, 5.74) is 2.11. The lowest BCUT2D eigenvalue weighted by Gasteiger charge is -2.23. The summed E-state index contributed by atoms with van der Waals surface area (Å²) in [5, 5.41) is 7.51. The molecule has 0 saturated carbocycles. The van der Waals surface area contributed by atoms with Crippen molar-refractivity contribution in [2.45, 2.75) is 32.7 Å². The van der Waals surface area contributed by atoms with E-state index in [1.165, 1.54) is 0 Å². The van der Waals surface area contributed by atoms with E-state index in [2.05, 4.69) is 25.0 Å². The fraction of sp³-hybridized carbons (Fsp3) is 0.375. The molecular weight excluding hydrogens is 324 g/mol. The summed E-state index contributed by atoms with van der Waals surface area (Å²) in [6, 6.07) is 3.85. The molecule has 1 aliphatic rings. The number of hydrogen-bond acceptors (Lipinski definition) is 7. The number of fused-ring (bicyclic) bond motifs is 1. The Kier molecular flexibility index (Phi) is 4.22. The Morgan fingerprint density at radius 1 is 1.25 bits per heavy atom. The van der Waals surface area contributed by atoms with Crippen molar-refractivity contribution in [3.8, 4) is 0 Å². The van der Waals surface area contributed by atoms with E-state index < -0.39 is 0 Å². The predicted octanol–water partition coefficient (Wildman–Crippen LogP) is 2.04. The van der Waals surface area contributed by atoms with Gasteiger partial charge in [-0.1, -0.05) is 0 Å². The summed E-state index contributed by atoms with van der Waals surface area (Å²) in [4.78, 5) is 15.4. The van der Waals surface area contributed by atoms with Crippen molar-refractivity contribution >= 4 is 17.3 Å². The minimum atomic E-state index is -0.00281. The van der Waals surface area contributed by atoms with E-state index in [9.17, 15) is 0 Å². The molecule has 0 unspecified atom stereocenters. The molecule has 3 aromatic rings. The van der Waals surface area contributed by atoms with Crippen molar-refractivity contribution in [3.05, 3.63) is 52.5 Å². The number of aryl methyl sites for hydroxylation is 1. The quantitative estimate of drug-likeness (QED) is 0.723. The maximum Gasteiger partial charge on any atom is 0.225 e. The molecule has 8 heteroatoms. The first-order valence-corrected chi connectivity index (χ1v) is 8.71. The Bertz CT molecular complexity index is 802. The van der Waals surface area contributed by atoms with Crippen LogP contribution in [0.4, 0.5) is 5.95 Å². The second-order valence-corrected chi connectivity index (χ2v) is 6.79. The SMILES string of the molecule is Cc1nc(CO[C@H]2CN(c3ncccn3)Cc3ccnn3C2)cs1. The van der Waals surface area contributed by atoms with Gasteiger partial charge in [-0.25, -0.2) is 15.0 Å². The van der Waals surface area contributed by atoms with Crippen molar-refractivity contribution in [2.24, 2.45) is 0 Å². The van der Waals surface area contributed by atoms with Gasteiger partial charge in [0.1, 0.15) is 0 Å². The van der Waals surface area contributed by atoms with Crippen LogP contribution in [0.15, 0.2) is 36.1 Å². The topological polar surface area (TPSA) is 69.0 Å². The summed E-state index contributed by atoms with van der Waals surface area (Å²) < 4.78 is 8.13. The first-order chi connectivity index (χ1) is 11.8. The highest BCUT2D eigenvalue weighted by molar-refractivity contribution is 7.09. The second kappa shape index (κ2) is 6.66. The van der Waals surface area contributed by atoms with Crippen LogP contribution in [0.2, 0.25) is 0 Å². The first kappa shape index (κ1) is 15.2. The summed E-state index contributed by atoms with van der Waals surface area (Å²) in [5.74, 6) is 0.713. The summed E-state index contributed by atoms with van der Waals surface area (Å²) in [6.45, 7) is 4.67. The van der Waals surface area contributed by atoms with E-state index in [-0.39, 0.29) is 6.10 Å². The zero-order valence-electron chi connectivity index (χ0n) is 13.4. The van der Waals surface area contributed by atoms with Gasteiger partial charge in [0, 0.05) is 30.5 Å². The van der Waals surface area contributed by atoms with E-state index in [1.54, 1.807) is 23.7 Å². The van der Waals surface area contributed by atoms with Crippen molar-refractivity contribution in [3.63, 3.8) is 0 Å². The van der Waals surface area contributed by atoms with Gasteiger partial charge in [0.25, 0.3) is 0 Å². The lowest BCUT2D eigenvalue weighted by atomic mass is 10.3. The normalized spacial score (nSPS) is 17.5. The number of hydrogen-bond donors (Lipinski definition) is 0. The van der Waals surface area contributed by atoms with Gasteiger partial charge in [-0.2, -0.15) is 5.10 Å². The van der Waals surface area contributed by atoms with Gasteiger partial charge < -0.3 is 9.64 Å². The summed E-state index contributed by atoms with van der Waals surface area (Å²) >= 11 is 1.64. The molecule has 3 aromatic heterocycles. The van der Waals surface area contributed by atoms with Gasteiger partial charge in [-0.15, -0.1) is 11.3 Å². The van der Waals surface area contributed by atoms with Crippen LogP contribution in [0.25, 0.3) is 0 Å². The van der Waals surface area contributed by atoms with Gasteiger partial charge in [0.05, 0.1) is 42.2 Å². The van der Waals surface area contributed by atoms with Crippen molar-refractivity contribution < 1.29 is 4.74 Å².